The standard InChI is InChI=1S/C18H16N4O3/c19-21-20-15-17(25)22(11-12-23)18(15,14-9-5-2-6-10-14)16(24)13-7-3-1-4-8-13/h1-10,15,23H,11-12H2. The number of benzene rings is 2. The molecule has 0 radical (unpaired) electrons. The molecule has 0 bridgehead atoms. The summed E-state index contributed by atoms with van der Waals surface area (Å²) in [6.07, 6.45) is 0. The Labute approximate surface area is 144 Å². The van der Waals surface area contributed by atoms with Crippen LogP contribution in [0.5, 0.6) is 0 Å². The van der Waals surface area contributed by atoms with Gasteiger partial charge in [0.05, 0.1) is 6.61 Å². The number of aliphatic hydroxyl groups excluding tert-OH is 1. The van der Waals surface area contributed by atoms with Crippen LogP contribution in [0.2, 0.25) is 0 Å². The first-order valence-corrected chi connectivity index (χ1v) is 7.79. The van der Waals surface area contributed by atoms with Crippen LogP contribution in [0.3, 0.4) is 0 Å². The van der Waals surface area contributed by atoms with Crippen LogP contribution in [0.15, 0.2) is 65.8 Å². The predicted octanol–water partition coefficient (Wildman–Crippen LogP) is 2.28. The van der Waals surface area contributed by atoms with Crippen LogP contribution in [0, 0.1) is 0 Å². The van der Waals surface area contributed by atoms with Crippen LogP contribution in [0.4, 0.5) is 0 Å². The van der Waals surface area contributed by atoms with Crippen molar-refractivity contribution >= 4 is 11.7 Å². The molecule has 1 aliphatic heterocycles. The molecule has 7 heteroatoms. The third-order valence-corrected chi connectivity index (χ3v) is 4.41. The molecule has 7 nitrogen and oxygen atoms in total. The van der Waals surface area contributed by atoms with E-state index in [9.17, 15) is 14.7 Å². The van der Waals surface area contributed by atoms with Gasteiger partial charge in [-0.25, -0.2) is 0 Å². The van der Waals surface area contributed by atoms with E-state index in [1.807, 2.05) is 0 Å². The van der Waals surface area contributed by atoms with Gasteiger partial charge in [0.2, 0.25) is 5.91 Å². The molecule has 126 valence electrons. The van der Waals surface area contributed by atoms with E-state index in [0.717, 1.165) is 0 Å². The summed E-state index contributed by atoms with van der Waals surface area (Å²) in [7, 11) is 0. The van der Waals surface area contributed by atoms with E-state index in [2.05, 4.69) is 10.0 Å². The fourth-order valence-electron chi connectivity index (χ4n) is 3.35. The lowest BCUT2D eigenvalue weighted by molar-refractivity contribution is -0.158. The van der Waals surface area contributed by atoms with Gasteiger partial charge in [-0.2, -0.15) is 0 Å². The lowest BCUT2D eigenvalue weighted by atomic mass is 9.69. The van der Waals surface area contributed by atoms with Crippen molar-refractivity contribution in [2.45, 2.75) is 11.6 Å². The van der Waals surface area contributed by atoms with E-state index in [1.165, 1.54) is 4.90 Å². The van der Waals surface area contributed by atoms with Crippen LogP contribution in [-0.4, -0.2) is 40.9 Å². The van der Waals surface area contributed by atoms with E-state index in [1.54, 1.807) is 60.7 Å². The third kappa shape index (κ3) is 2.46. The van der Waals surface area contributed by atoms with Gasteiger partial charge in [0.25, 0.3) is 0 Å². The second-order valence-corrected chi connectivity index (χ2v) is 5.65. The highest BCUT2D eigenvalue weighted by Gasteiger charge is 2.65. The second kappa shape index (κ2) is 6.76. The number of β-lactam (4-membered cyclic amide) rings is 1. The lowest BCUT2D eigenvalue weighted by Gasteiger charge is -2.55. The number of azide groups is 1. The van der Waals surface area contributed by atoms with E-state index >= 15 is 0 Å². The molecular weight excluding hydrogens is 320 g/mol. The van der Waals surface area contributed by atoms with Crippen LogP contribution in [-0.2, 0) is 10.3 Å². The molecule has 0 saturated carbocycles. The Morgan fingerprint density at radius 3 is 2.32 bits per heavy atom. The summed E-state index contributed by atoms with van der Waals surface area (Å²) in [5.41, 5.74) is 8.40. The summed E-state index contributed by atoms with van der Waals surface area (Å²) in [6, 6.07) is 16.1. The van der Waals surface area contributed by atoms with Crippen molar-refractivity contribution in [1.82, 2.24) is 4.90 Å². The summed E-state index contributed by atoms with van der Waals surface area (Å²) in [6.45, 7) is -0.324. The second-order valence-electron chi connectivity index (χ2n) is 5.65. The van der Waals surface area contributed by atoms with E-state index < -0.39 is 17.5 Å². The number of amides is 1. The lowest BCUT2D eigenvalue weighted by Crippen LogP contribution is -2.75. The Kier molecular flexibility index (Phi) is 4.52. The first kappa shape index (κ1) is 16.7. The first-order valence-electron chi connectivity index (χ1n) is 7.79. The molecule has 1 N–H and O–H groups in total. The van der Waals surface area contributed by atoms with Gasteiger partial charge in [-0.1, -0.05) is 65.8 Å². The molecule has 1 saturated heterocycles. The average Bonchev–Trinajstić information content (AvgIpc) is 2.67. The van der Waals surface area contributed by atoms with Gasteiger partial charge in [-0.05, 0) is 11.1 Å². The van der Waals surface area contributed by atoms with Crippen LogP contribution < -0.4 is 0 Å². The summed E-state index contributed by atoms with van der Waals surface area (Å²) in [4.78, 5) is 29.9. The summed E-state index contributed by atoms with van der Waals surface area (Å²) >= 11 is 0. The number of likely N-dealkylation sites (tertiary alicyclic amines) is 1. The normalized spacial score (nSPS) is 22.0. The van der Waals surface area contributed by atoms with E-state index in [0.29, 0.717) is 11.1 Å². The Morgan fingerprint density at radius 1 is 1.16 bits per heavy atom. The fraction of sp³-hybridized carbons (Fsp3) is 0.222. The maximum absolute atomic E-state index is 13.4. The molecule has 1 fully saturated rings. The maximum atomic E-state index is 13.4. The molecule has 0 aromatic heterocycles. The molecule has 1 heterocycles. The number of hydrogen-bond acceptors (Lipinski definition) is 4. The molecule has 25 heavy (non-hydrogen) atoms. The zero-order valence-corrected chi connectivity index (χ0v) is 13.3. The number of Topliss-reactive ketones (excluding diaryl/α,β-unsaturated/α-hetero) is 1. The zero-order chi connectivity index (χ0) is 17.9. The van der Waals surface area contributed by atoms with Crippen molar-refractivity contribution in [3.8, 4) is 0 Å². The zero-order valence-electron chi connectivity index (χ0n) is 13.3. The SMILES string of the molecule is [N-]=[N+]=NC1C(=O)N(CCO)C1(C(=O)c1ccccc1)c1ccccc1. The minimum absolute atomic E-state index is 0.0241. The van der Waals surface area contributed by atoms with Crippen molar-refractivity contribution in [2.24, 2.45) is 5.11 Å². The Hall–Kier alpha value is -3.15. The number of carbonyl (C=O) groups is 2. The van der Waals surface area contributed by atoms with Crippen molar-refractivity contribution in [1.29, 1.82) is 0 Å². The molecule has 2 unspecified atom stereocenters. The van der Waals surface area contributed by atoms with Crippen molar-refractivity contribution in [3.63, 3.8) is 0 Å². The molecule has 1 aliphatic rings. The monoisotopic (exact) mass is 336 g/mol. The van der Waals surface area contributed by atoms with Crippen LogP contribution in [0.1, 0.15) is 15.9 Å². The average molecular weight is 336 g/mol. The number of ketones is 1. The Balaban J connectivity index is 2.23. The molecule has 0 aliphatic carbocycles. The third-order valence-electron chi connectivity index (χ3n) is 4.41. The fourth-order valence-corrected chi connectivity index (χ4v) is 3.35. The quantitative estimate of drug-likeness (QED) is 0.287. The molecular formula is C18H16N4O3. The number of β-amino-alcohol motifs (C(OH)–C–C–N with tert-alkyl or cyclic N) is 1. The Bertz CT molecular complexity index is 834. The molecule has 3 rings (SSSR count). The highest BCUT2D eigenvalue weighted by atomic mass is 16.3. The van der Waals surface area contributed by atoms with Crippen molar-refractivity contribution in [3.05, 3.63) is 82.2 Å². The van der Waals surface area contributed by atoms with Gasteiger partial charge in [-0.15, -0.1) is 0 Å². The minimum Gasteiger partial charge on any atom is -0.395 e. The topological polar surface area (TPSA) is 106 Å². The van der Waals surface area contributed by atoms with Crippen LogP contribution in [0.25, 0.3) is 10.4 Å². The van der Waals surface area contributed by atoms with Crippen molar-refractivity contribution in [2.75, 3.05) is 13.2 Å². The predicted molar refractivity (Wildman–Crippen MR) is 90.6 cm³/mol. The van der Waals surface area contributed by atoms with Gasteiger partial charge in [0.15, 0.2) is 11.8 Å². The van der Waals surface area contributed by atoms with Crippen LogP contribution >= 0.6 is 0 Å². The van der Waals surface area contributed by atoms with Gasteiger partial charge >= 0.3 is 0 Å². The highest BCUT2D eigenvalue weighted by molar-refractivity contribution is 6.14. The summed E-state index contributed by atoms with van der Waals surface area (Å²) < 4.78 is 0. The molecule has 1 amide bonds. The Morgan fingerprint density at radius 2 is 1.76 bits per heavy atom. The minimum atomic E-state index is -1.45. The van der Waals surface area contributed by atoms with Gasteiger partial charge in [0, 0.05) is 17.0 Å². The number of hydrogen-bond donors (Lipinski definition) is 1. The summed E-state index contributed by atoms with van der Waals surface area (Å²) in [5.74, 6) is -0.815. The number of carbonyl (C=O) groups excluding carboxylic acids is 2. The smallest absolute Gasteiger partial charge is 0.236 e. The number of rotatable bonds is 6. The largest absolute Gasteiger partial charge is 0.395 e. The maximum Gasteiger partial charge on any atom is 0.236 e. The molecule has 0 spiro atoms. The van der Waals surface area contributed by atoms with Gasteiger partial charge in [-0.3, -0.25) is 9.59 Å². The van der Waals surface area contributed by atoms with E-state index in [4.69, 9.17) is 5.53 Å². The number of nitrogens with zero attached hydrogens (tertiary/aromatic N) is 4. The van der Waals surface area contributed by atoms with Crippen molar-refractivity contribution < 1.29 is 14.7 Å². The number of aliphatic hydroxyl groups is 1. The van der Waals surface area contributed by atoms with E-state index in [-0.39, 0.29) is 18.9 Å². The summed E-state index contributed by atoms with van der Waals surface area (Å²) in [5, 5.41) is 13.0. The molecule has 2 atom stereocenters. The van der Waals surface area contributed by atoms with Gasteiger partial charge in [0.1, 0.15) is 5.54 Å². The highest BCUT2D eigenvalue weighted by Crippen LogP contribution is 2.46. The first-order chi connectivity index (χ1) is 12.2. The molecule has 2 aromatic rings. The van der Waals surface area contributed by atoms with Gasteiger partial charge < -0.3 is 10.0 Å². The molecule has 2 aromatic carbocycles.